The summed E-state index contributed by atoms with van der Waals surface area (Å²) in [7, 11) is 0. The lowest BCUT2D eigenvalue weighted by Gasteiger charge is -2.08. The fourth-order valence-corrected chi connectivity index (χ4v) is 2.53. The summed E-state index contributed by atoms with van der Waals surface area (Å²) in [5.41, 5.74) is 1.97. The largest absolute Gasteiger partial charge is 0.454 e. The highest BCUT2D eigenvalue weighted by Gasteiger charge is 2.13. The van der Waals surface area contributed by atoms with Crippen LogP contribution in [0.15, 0.2) is 48.5 Å². The lowest BCUT2D eigenvalue weighted by atomic mass is 10.1. The molecule has 1 aliphatic rings. The van der Waals surface area contributed by atoms with Crippen LogP contribution < -0.4 is 20.1 Å². The Morgan fingerprint density at radius 2 is 1.68 bits per heavy atom. The zero-order valence-corrected chi connectivity index (χ0v) is 13.8. The summed E-state index contributed by atoms with van der Waals surface area (Å²) in [6, 6.07) is 15.1. The van der Waals surface area contributed by atoms with Gasteiger partial charge in [-0.25, -0.2) is 0 Å². The van der Waals surface area contributed by atoms with Crippen molar-refractivity contribution in [2.24, 2.45) is 0 Å². The Bertz CT molecular complexity index is 746. The topological polar surface area (TPSA) is 76.7 Å². The van der Waals surface area contributed by atoms with E-state index in [1.54, 1.807) is 0 Å². The van der Waals surface area contributed by atoms with Gasteiger partial charge in [-0.05, 0) is 29.7 Å². The molecule has 0 radical (unpaired) electrons. The van der Waals surface area contributed by atoms with Crippen LogP contribution in [0.3, 0.4) is 0 Å². The molecule has 0 bridgehead atoms. The Labute approximate surface area is 146 Å². The van der Waals surface area contributed by atoms with Gasteiger partial charge in [0.2, 0.25) is 18.6 Å². The molecule has 2 N–H and O–H groups in total. The smallest absolute Gasteiger partial charge is 0.239 e. The van der Waals surface area contributed by atoms with Crippen molar-refractivity contribution >= 4 is 11.8 Å². The van der Waals surface area contributed by atoms with Gasteiger partial charge in [-0.1, -0.05) is 36.4 Å². The summed E-state index contributed by atoms with van der Waals surface area (Å²) in [6.07, 6.45) is 0.950. The van der Waals surface area contributed by atoms with Gasteiger partial charge in [-0.2, -0.15) is 0 Å². The lowest BCUT2D eigenvalue weighted by molar-refractivity contribution is -0.125. The van der Waals surface area contributed by atoms with Crippen molar-refractivity contribution in [3.63, 3.8) is 0 Å². The van der Waals surface area contributed by atoms with E-state index in [1.807, 2.05) is 48.5 Å². The molecule has 0 spiro atoms. The van der Waals surface area contributed by atoms with Gasteiger partial charge < -0.3 is 20.1 Å². The Hall–Kier alpha value is -3.02. The van der Waals surface area contributed by atoms with Crippen LogP contribution in [0, 0.1) is 0 Å². The van der Waals surface area contributed by atoms with Gasteiger partial charge in [-0.3, -0.25) is 9.59 Å². The van der Waals surface area contributed by atoms with E-state index in [4.69, 9.17) is 9.47 Å². The van der Waals surface area contributed by atoms with Crippen LogP contribution in [0.4, 0.5) is 0 Å². The fraction of sp³-hybridized carbons (Fsp3) is 0.263. The van der Waals surface area contributed by atoms with E-state index in [-0.39, 0.29) is 31.6 Å². The van der Waals surface area contributed by atoms with Crippen LogP contribution in [-0.4, -0.2) is 31.7 Å². The van der Waals surface area contributed by atoms with E-state index >= 15 is 0 Å². The summed E-state index contributed by atoms with van der Waals surface area (Å²) in [6.45, 7) is 0.720. The average Bonchev–Trinajstić information content (AvgIpc) is 3.09. The zero-order chi connectivity index (χ0) is 17.5. The Balaban J connectivity index is 1.35. The zero-order valence-electron chi connectivity index (χ0n) is 13.8. The van der Waals surface area contributed by atoms with Crippen molar-refractivity contribution < 1.29 is 19.1 Å². The summed E-state index contributed by atoms with van der Waals surface area (Å²) in [4.78, 5) is 23.6. The van der Waals surface area contributed by atoms with Crippen LogP contribution in [0.25, 0.3) is 0 Å². The van der Waals surface area contributed by atoms with Crippen molar-refractivity contribution in [1.82, 2.24) is 10.6 Å². The van der Waals surface area contributed by atoms with Crippen LogP contribution >= 0.6 is 0 Å². The second-order valence-corrected chi connectivity index (χ2v) is 5.73. The molecule has 0 aliphatic carbocycles. The molecule has 25 heavy (non-hydrogen) atoms. The molecule has 1 aliphatic heterocycles. The van der Waals surface area contributed by atoms with Gasteiger partial charge in [0.1, 0.15) is 0 Å². The van der Waals surface area contributed by atoms with E-state index < -0.39 is 0 Å². The van der Waals surface area contributed by atoms with Gasteiger partial charge in [0.15, 0.2) is 11.5 Å². The first-order valence-electron chi connectivity index (χ1n) is 8.16. The van der Waals surface area contributed by atoms with Crippen LogP contribution in [-0.2, 0) is 22.4 Å². The number of benzene rings is 2. The minimum absolute atomic E-state index is 0.0210. The van der Waals surface area contributed by atoms with E-state index in [0.29, 0.717) is 13.0 Å². The number of hydrogen-bond donors (Lipinski definition) is 2. The van der Waals surface area contributed by atoms with Crippen LogP contribution in [0.5, 0.6) is 11.5 Å². The van der Waals surface area contributed by atoms with Crippen LogP contribution in [0.1, 0.15) is 11.1 Å². The third-order valence-corrected chi connectivity index (χ3v) is 3.83. The van der Waals surface area contributed by atoms with Gasteiger partial charge >= 0.3 is 0 Å². The van der Waals surface area contributed by atoms with Crippen LogP contribution in [0.2, 0.25) is 0 Å². The molecular weight excluding hydrogens is 320 g/mol. The second-order valence-electron chi connectivity index (χ2n) is 5.73. The molecule has 0 aromatic heterocycles. The number of amides is 2. The molecule has 130 valence electrons. The first kappa shape index (κ1) is 16.8. The third-order valence-electron chi connectivity index (χ3n) is 3.83. The SMILES string of the molecule is O=C(CNC(=O)Cc1ccccc1)NCCc1ccc2c(c1)OCO2. The predicted octanol–water partition coefficient (Wildman–Crippen LogP) is 1.43. The molecule has 0 fully saturated rings. The third kappa shape index (κ3) is 4.97. The number of fused-ring (bicyclic) bond motifs is 1. The minimum Gasteiger partial charge on any atom is -0.454 e. The maximum Gasteiger partial charge on any atom is 0.239 e. The summed E-state index contributed by atoms with van der Waals surface area (Å²) >= 11 is 0. The summed E-state index contributed by atoms with van der Waals surface area (Å²) in [5.74, 6) is 1.10. The monoisotopic (exact) mass is 340 g/mol. The summed E-state index contributed by atoms with van der Waals surface area (Å²) < 4.78 is 10.6. The number of carbonyl (C=O) groups is 2. The Morgan fingerprint density at radius 1 is 0.880 bits per heavy atom. The lowest BCUT2D eigenvalue weighted by Crippen LogP contribution is -2.38. The first-order valence-corrected chi connectivity index (χ1v) is 8.16. The first-order chi connectivity index (χ1) is 12.2. The van der Waals surface area contributed by atoms with E-state index in [0.717, 1.165) is 22.6 Å². The molecular formula is C19H20N2O4. The highest BCUT2D eigenvalue weighted by molar-refractivity contribution is 5.85. The molecule has 0 saturated heterocycles. The highest BCUT2D eigenvalue weighted by Crippen LogP contribution is 2.32. The molecule has 2 aromatic rings. The van der Waals surface area contributed by atoms with Gasteiger partial charge in [0.05, 0.1) is 13.0 Å². The molecule has 0 atom stereocenters. The minimum atomic E-state index is -0.206. The molecule has 1 heterocycles. The normalized spacial score (nSPS) is 11.8. The molecule has 0 unspecified atom stereocenters. The van der Waals surface area contributed by atoms with Crippen molar-refractivity contribution in [1.29, 1.82) is 0 Å². The van der Waals surface area contributed by atoms with E-state index in [9.17, 15) is 9.59 Å². The van der Waals surface area contributed by atoms with E-state index in [2.05, 4.69) is 10.6 Å². The van der Waals surface area contributed by atoms with E-state index in [1.165, 1.54) is 0 Å². The standard InChI is InChI=1S/C19H20N2O4/c22-18(11-14-4-2-1-3-5-14)21-12-19(23)20-9-8-15-6-7-16-17(10-15)25-13-24-16/h1-7,10H,8-9,11-13H2,(H,20,23)(H,21,22). The Kier molecular flexibility index (Phi) is 5.51. The quantitative estimate of drug-likeness (QED) is 0.799. The molecule has 0 saturated carbocycles. The van der Waals surface area contributed by atoms with Crippen molar-refractivity contribution in [2.45, 2.75) is 12.8 Å². The number of ether oxygens (including phenoxy) is 2. The molecule has 2 amide bonds. The maximum absolute atomic E-state index is 11.8. The molecule has 6 nitrogen and oxygen atoms in total. The van der Waals surface area contributed by atoms with Gasteiger partial charge in [0, 0.05) is 6.54 Å². The van der Waals surface area contributed by atoms with Gasteiger partial charge in [-0.15, -0.1) is 0 Å². The summed E-state index contributed by atoms with van der Waals surface area (Å²) in [5, 5.41) is 5.42. The maximum atomic E-state index is 11.8. The molecule has 2 aromatic carbocycles. The number of nitrogens with one attached hydrogen (secondary N) is 2. The number of hydrogen-bond acceptors (Lipinski definition) is 4. The molecule has 3 rings (SSSR count). The fourth-order valence-electron chi connectivity index (χ4n) is 2.53. The van der Waals surface area contributed by atoms with Crippen molar-refractivity contribution in [3.8, 4) is 11.5 Å². The van der Waals surface area contributed by atoms with Crippen molar-refractivity contribution in [2.75, 3.05) is 19.9 Å². The molecule has 6 heteroatoms. The second kappa shape index (κ2) is 8.19. The average molecular weight is 340 g/mol. The predicted molar refractivity (Wildman–Crippen MR) is 92.4 cm³/mol. The Morgan fingerprint density at radius 3 is 2.52 bits per heavy atom. The van der Waals surface area contributed by atoms with Crippen molar-refractivity contribution in [3.05, 3.63) is 59.7 Å². The number of rotatable bonds is 7. The highest BCUT2D eigenvalue weighted by atomic mass is 16.7. The van der Waals surface area contributed by atoms with Gasteiger partial charge in [0.25, 0.3) is 0 Å². The number of carbonyl (C=O) groups excluding carboxylic acids is 2.